The molecule has 0 heterocycles. The molecule has 0 spiro atoms. The normalized spacial score (nSPS) is 23.3. The van der Waals surface area contributed by atoms with Crippen LogP contribution in [0.15, 0.2) is 0 Å². The van der Waals surface area contributed by atoms with Crippen molar-refractivity contribution in [3.8, 4) is 0 Å². The second-order valence-electron chi connectivity index (χ2n) is 2.87. The number of methoxy groups -OCH3 is 1. The lowest BCUT2D eigenvalue weighted by atomic mass is 9.80. The first kappa shape index (κ1) is 7.07. The van der Waals surface area contributed by atoms with Gasteiger partial charge in [0.1, 0.15) is 0 Å². The Bertz CT molecular complexity index is 72.6. The third-order valence-electron chi connectivity index (χ3n) is 2.38. The largest absolute Gasteiger partial charge is 0.381 e. The van der Waals surface area contributed by atoms with E-state index in [9.17, 15) is 0 Å². The molecular formula is C8H16O. The van der Waals surface area contributed by atoms with Crippen LogP contribution in [0.4, 0.5) is 0 Å². The quantitative estimate of drug-likeness (QED) is 0.566. The minimum absolute atomic E-state index is 0.554. The Hall–Kier alpha value is -0.0400. The maximum Gasteiger partial charge on any atom is 0.0596 e. The van der Waals surface area contributed by atoms with Gasteiger partial charge >= 0.3 is 0 Å². The number of hydrogen-bond donors (Lipinski definition) is 0. The highest BCUT2D eigenvalue weighted by molar-refractivity contribution is 4.76. The zero-order valence-corrected chi connectivity index (χ0v) is 6.39. The highest BCUT2D eigenvalue weighted by Crippen LogP contribution is 2.31. The molecule has 1 rings (SSSR count). The van der Waals surface area contributed by atoms with Crippen molar-refractivity contribution in [1.29, 1.82) is 0 Å². The average molecular weight is 128 g/mol. The van der Waals surface area contributed by atoms with E-state index in [4.69, 9.17) is 4.74 Å². The molecule has 1 atom stereocenters. The van der Waals surface area contributed by atoms with Gasteiger partial charge in [0, 0.05) is 7.11 Å². The fraction of sp³-hybridized carbons (Fsp3) is 1.00. The number of hydrogen-bond acceptors (Lipinski definition) is 1. The van der Waals surface area contributed by atoms with Gasteiger partial charge in [-0.25, -0.2) is 0 Å². The van der Waals surface area contributed by atoms with E-state index >= 15 is 0 Å². The summed E-state index contributed by atoms with van der Waals surface area (Å²) in [4.78, 5) is 0. The first-order valence-electron chi connectivity index (χ1n) is 3.91. The van der Waals surface area contributed by atoms with E-state index in [0.717, 1.165) is 5.92 Å². The SMILES string of the molecule is CCC(OC)C1CCC1. The van der Waals surface area contributed by atoms with Crippen LogP contribution in [0.1, 0.15) is 32.6 Å². The van der Waals surface area contributed by atoms with Crippen molar-refractivity contribution < 1.29 is 4.74 Å². The molecule has 0 bridgehead atoms. The van der Waals surface area contributed by atoms with E-state index in [0.29, 0.717) is 6.10 Å². The highest BCUT2D eigenvalue weighted by Gasteiger charge is 2.25. The fourth-order valence-corrected chi connectivity index (χ4v) is 1.50. The molecule has 0 aliphatic heterocycles. The third-order valence-corrected chi connectivity index (χ3v) is 2.38. The second kappa shape index (κ2) is 3.21. The summed E-state index contributed by atoms with van der Waals surface area (Å²) in [7, 11) is 1.83. The van der Waals surface area contributed by atoms with Crippen LogP contribution in [-0.2, 0) is 4.74 Å². The van der Waals surface area contributed by atoms with Crippen LogP contribution in [0.25, 0.3) is 0 Å². The van der Waals surface area contributed by atoms with Crippen molar-refractivity contribution in [2.75, 3.05) is 7.11 Å². The summed E-state index contributed by atoms with van der Waals surface area (Å²) < 4.78 is 5.30. The van der Waals surface area contributed by atoms with Crippen molar-refractivity contribution in [3.05, 3.63) is 0 Å². The van der Waals surface area contributed by atoms with E-state index in [1.165, 1.54) is 25.7 Å². The van der Waals surface area contributed by atoms with Gasteiger partial charge in [0.05, 0.1) is 6.10 Å². The van der Waals surface area contributed by atoms with Crippen molar-refractivity contribution in [2.24, 2.45) is 5.92 Å². The summed E-state index contributed by atoms with van der Waals surface area (Å²) in [6.07, 6.45) is 5.95. The topological polar surface area (TPSA) is 9.23 Å². The van der Waals surface area contributed by atoms with Crippen molar-refractivity contribution in [2.45, 2.75) is 38.7 Å². The first-order valence-corrected chi connectivity index (χ1v) is 3.91. The maximum atomic E-state index is 5.30. The Morgan fingerprint density at radius 1 is 1.56 bits per heavy atom. The van der Waals surface area contributed by atoms with Crippen LogP contribution in [0.2, 0.25) is 0 Å². The zero-order chi connectivity index (χ0) is 6.69. The Morgan fingerprint density at radius 2 is 2.22 bits per heavy atom. The lowest BCUT2D eigenvalue weighted by Gasteiger charge is -2.31. The van der Waals surface area contributed by atoms with Crippen molar-refractivity contribution in [1.82, 2.24) is 0 Å². The molecule has 1 aliphatic carbocycles. The highest BCUT2D eigenvalue weighted by atomic mass is 16.5. The molecule has 1 aliphatic rings. The van der Waals surface area contributed by atoms with Gasteiger partial charge in [0.25, 0.3) is 0 Å². The van der Waals surface area contributed by atoms with E-state index in [-0.39, 0.29) is 0 Å². The summed E-state index contributed by atoms with van der Waals surface area (Å²) in [5.41, 5.74) is 0. The molecule has 0 aromatic rings. The second-order valence-corrected chi connectivity index (χ2v) is 2.87. The zero-order valence-electron chi connectivity index (χ0n) is 6.39. The Kier molecular flexibility index (Phi) is 2.52. The van der Waals surface area contributed by atoms with Gasteiger partial charge in [-0.05, 0) is 25.2 Å². The summed E-state index contributed by atoms with van der Waals surface area (Å²) in [6, 6.07) is 0. The fourth-order valence-electron chi connectivity index (χ4n) is 1.50. The molecule has 0 saturated heterocycles. The molecule has 0 aromatic heterocycles. The van der Waals surface area contributed by atoms with E-state index in [1.807, 2.05) is 7.11 Å². The van der Waals surface area contributed by atoms with Crippen molar-refractivity contribution >= 4 is 0 Å². The summed E-state index contributed by atoms with van der Waals surface area (Å²) >= 11 is 0. The average Bonchev–Trinajstić information content (AvgIpc) is 1.78. The van der Waals surface area contributed by atoms with Crippen LogP contribution in [-0.4, -0.2) is 13.2 Å². The van der Waals surface area contributed by atoms with E-state index < -0.39 is 0 Å². The minimum atomic E-state index is 0.554. The molecule has 1 heteroatoms. The predicted molar refractivity (Wildman–Crippen MR) is 38.4 cm³/mol. The molecule has 9 heavy (non-hydrogen) atoms. The predicted octanol–water partition coefficient (Wildman–Crippen LogP) is 2.21. The van der Waals surface area contributed by atoms with Crippen LogP contribution in [0, 0.1) is 5.92 Å². The van der Waals surface area contributed by atoms with Gasteiger partial charge in [-0.3, -0.25) is 0 Å². The standard InChI is InChI=1S/C8H16O/c1-3-8(9-2)7-5-4-6-7/h7-8H,3-6H2,1-2H3. The first-order chi connectivity index (χ1) is 4.38. The summed E-state index contributed by atoms with van der Waals surface area (Å²) in [5, 5.41) is 0. The minimum Gasteiger partial charge on any atom is -0.381 e. The molecule has 0 amide bonds. The van der Waals surface area contributed by atoms with Gasteiger partial charge in [-0.2, -0.15) is 0 Å². The Labute approximate surface area is 57.4 Å². The van der Waals surface area contributed by atoms with Gasteiger partial charge in [0.15, 0.2) is 0 Å². The van der Waals surface area contributed by atoms with E-state index in [1.54, 1.807) is 0 Å². The lowest BCUT2D eigenvalue weighted by molar-refractivity contribution is 0.0170. The lowest BCUT2D eigenvalue weighted by Crippen LogP contribution is -2.27. The summed E-state index contributed by atoms with van der Waals surface area (Å²) in [5.74, 6) is 0.889. The van der Waals surface area contributed by atoms with Crippen molar-refractivity contribution in [3.63, 3.8) is 0 Å². The smallest absolute Gasteiger partial charge is 0.0596 e. The molecule has 1 nitrogen and oxygen atoms in total. The molecule has 1 saturated carbocycles. The van der Waals surface area contributed by atoms with Crippen LogP contribution < -0.4 is 0 Å². The Morgan fingerprint density at radius 3 is 2.33 bits per heavy atom. The maximum absolute atomic E-state index is 5.30. The number of rotatable bonds is 3. The monoisotopic (exact) mass is 128 g/mol. The molecule has 54 valence electrons. The Balaban J connectivity index is 2.19. The van der Waals surface area contributed by atoms with Crippen LogP contribution >= 0.6 is 0 Å². The third kappa shape index (κ3) is 1.45. The number of ether oxygens (including phenoxy) is 1. The van der Waals surface area contributed by atoms with Gasteiger partial charge in [0.2, 0.25) is 0 Å². The molecule has 0 aromatic carbocycles. The van der Waals surface area contributed by atoms with Crippen LogP contribution in [0.3, 0.4) is 0 Å². The molecule has 1 unspecified atom stereocenters. The molecule has 0 N–H and O–H groups in total. The molecular weight excluding hydrogens is 112 g/mol. The molecule has 1 fully saturated rings. The summed E-state index contributed by atoms with van der Waals surface area (Å²) in [6.45, 7) is 2.20. The molecule has 0 radical (unpaired) electrons. The van der Waals surface area contributed by atoms with Gasteiger partial charge < -0.3 is 4.74 Å². The van der Waals surface area contributed by atoms with Crippen LogP contribution in [0.5, 0.6) is 0 Å². The van der Waals surface area contributed by atoms with E-state index in [2.05, 4.69) is 6.92 Å². The van der Waals surface area contributed by atoms with Gasteiger partial charge in [-0.1, -0.05) is 13.3 Å². The van der Waals surface area contributed by atoms with Gasteiger partial charge in [-0.15, -0.1) is 0 Å².